The van der Waals surface area contributed by atoms with Gasteiger partial charge in [-0.2, -0.15) is 0 Å². The number of benzene rings is 1. The molecule has 1 atom stereocenters. The summed E-state index contributed by atoms with van der Waals surface area (Å²) < 4.78 is 5.81. The fourth-order valence-corrected chi connectivity index (χ4v) is 1.91. The van der Waals surface area contributed by atoms with Crippen molar-refractivity contribution in [2.24, 2.45) is 0 Å². The van der Waals surface area contributed by atoms with Gasteiger partial charge < -0.3 is 9.84 Å². The number of rotatable bonds is 5. The molecule has 0 bridgehead atoms. The summed E-state index contributed by atoms with van der Waals surface area (Å²) in [6.45, 7) is 3.81. The van der Waals surface area contributed by atoms with E-state index >= 15 is 0 Å². The molecule has 4 nitrogen and oxygen atoms in total. The minimum Gasteiger partial charge on any atom is -0.488 e. The van der Waals surface area contributed by atoms with Crippen molar-refractivity contribution >= 4 is 16.9 Å². The lowest BCUT2D eigenvalue weighted by molar-refractivity contribution is -0.137. The summed E-state index contributed by atoms with van der Waals surface area (Å²) >= 11 is 0. The largest absolute Gasteiger partial charge is 0.488 e. The van der Waals surface area contributed by atoms with E-state index in [1.54, 1.807) is 0 Å². The van der Waals surface area contributed by atoms with Crippen LogP contribution < -0.4 is 4.74 Å². The van der Waals surface area contributed by atoms with Crippen LogP contribution in [-0.4, -0.2) is 22.2 Å². The minimum atomic E-state index is -0.803. The van der Waals surface area contributed by atoms with E-state index in [1.165, 1.54) is 0 Å². The maximum absolute atomic E-state index is 10.5. The molecule has 0 aliphatic carbocycles. The molecule has 0 saturated heterocycles. The van der Waals surface area contributed by atoms with E-state index in [1.807, 2.05) is 44.2 Å². The van der Waals surface area contributed by atoms with E-state index in [9.17, 15) is 4.79 Å². The van der Waals surface area contributed by atoms with Crippen molar-refractivity contribution in [2.75, 3.05) is 0 Å². The molecule has 0 aliphatic heterocycles. The predicted molar refractivity (Wildman–Crippen MR) is 73.4 cm³/mol. The first kappa shape index (κ1) is 13.3. The van der Waals surface area contributed by atoms with E-state index in [0.29, 0.717) is 12.2 Å². The van der Waals surface area contributed by atoms with E-state index in [-0.39, 0.29) is 12.5 Å². The second kappa shape index (κ2) is 5.69. The lowest BCUT2D eigenvalue weighted by atomic mass is 10.2. The number of para-hydroxylation sites is 1. The van der Waals surface area contributed by atoms with Crippen LogP contribution in [0.15, 0.2) is 30.3 Å². The number of hydrogen-bond donors (Lipinski definition) is 1. The molecular weight excluding hydrogens is 242 g/mol. The first-order valence-corrected chi connectivity index (χ1v) is 6.31. The number of aromatic nitrogens is 1. The average Bonchev–Trinajstić information content (AvgIpc) is 2.37. The van der Waals surface area contributed by atoms with E-state index < -0.39 is 5.97 Å². The van der Waals surface area contributed by atoms with Crippen molar-refractivity contribution in [1.82, 2.24) is 4.98 Å². The van der Waals surface area contributed by atoms with Crippen LogP contribution >= 0.6 is 0 Å². The normalized spacial score (nSPS) is 12.3. The second-order valence-electron chi connectivity index (χ2n) is 4.64. The van der Waals surface area contributed by atoms with Gasteiger partial charge in [0.1, 0.15) is 11.3 Å². The Morgan fingerprint density at radius 1 is 1.37 bits per heavy atom. The summed E-state index contributed by atoms with van der Waals surface area (Å²) in [5.41, 5.74) is 1.76. The summed E-state index contributed by atoms with van der Waals surface area (Å²) in [6.07, 6.45) is 0.444. The van der Waals surface area contributed by atoms with Crippen molar-refractivity contribution in [3.63, 3.8) is 0 Å². The Morgan fingerprint density at radius 3 is 2.89 bits per heavy atom. The summed E-state index contributed by atoms with van der Waals surface area (Å²) in [7, 11) is 0. The summed E-state index contributed by atoms with van der Waals surface area (Å²) in [5, 5.41) is 9.69. The standard InChI is InChI=1S/C15H17NO3/c1-10-6-8-12-4-3-5-13(15(12)16-10)19-11(2)7-9-14(17)18/h3-6,8,11H,7,9H2,1-2H3,(H,17,18). The quantitative estimate of drug-likeness (QED) is 0.896. The molecule has 2 rings (SSSR count). The molecule has 0 aliphatic rings. The highest BCUT2D eigenvalue weighted by Crippen LogP contribution is 2.25. The summed E-state index contributed by atoms with van der Waals surface area (Å²) in [6, 6.07) is 9.73. The van der Waals surface area contributed by atoms with E-state index in [4.69, 9.17) is 9.84 Å². The molecule has 4 heteroatoms. The van der Waals surface area contributed by atoms with Gasteiger partial charge in [0, 0.05) is 17.5 Å². The van der Waals surface area contributed by atoms with Crippen LogP contribution in [0.4, 0.5) is 0 Å². The van der Waals surface area contributed by atoms with Gasteiger partial charge in [0.05, 0.1) is 6.10 Å². The van der Waals surface area contributed by atoms with Gasteiger partial charge in [0.2, 0.25) is 0 Å². The molecule has 0 amide bonds. The SMILES string of the molecule is Cc1ccc2cccc(OC(C)CCC(=O)O)c2n1. The Morgan fingerprint density at radius 2 is 2.16 bits per heavy atom. The Hall–Kier alpha value is -2.10. The summed E-state index contributed by atoms with van der Waals surface area (Å²) in [4.78, 5) is 15.0. The number of aliphatic carboxylic acids is 1. The van der Waals surface area contributed by atoms with Gasteiger partial charge in [-0.05, 0) is 32.4 Å². The Bertz CT molecular complexity index is 595. The number of fused-ring (bicyclic) bond motifs is 1. The first-order chi connectivity index (χ1) is 9.06. The predicted octanol–water partition coefficient (Wildman–Crippen LogP) is 3.18. The van der Waals surface area contributed by atoms with Crippen molar-refractivity contribution in [2.45, 2.75) is 32.8 Å². The third-order valence-electron chi connectivity index (χ3n) is 2.92. The highest BCUT2D eigenvalue weighted by molar-refractivity contribution is 5.84. The molecule has 0 fully saturated rings. The second-order valence-corrected chi connectivity index (χ2v) is 4.64. The summed E-state index contributed by atoms with van der Waals surface area (Å²) in [5.74, 6) is -0.0959. The number of carboxylic acids is 1. The number of hydrogen-bond acceptors (Lipinski definition) is 3. The molecule has 2 aromatic rings. The maximum atomic E-state index is 10.5. The van der Waals surface area contributed by atoms with Gasteiger partial charge in [0.25, 0.3) is 0 Å². The monoisotopic (exact) mass is 259 g/mol. The van der Waals surface area contributed by atoms with Gasteiger partial charge in [0.15, 0.2) is 0 Å². The third kappa shape index (κ3) is 3.44. The number of pyridine rings is 1. The first-order valence-electron chi connectivity index (χ1n) is 6.31. The number of carbonyl (C=O) groups is 1. The zero-order valence-electron chi connectivity index (χ0n) is 11.1. The molecule has 1 heterocycles. The lowest BCUT2D eigenvalue weighted by Gasteiger charge is -2.15. The van der Waals surface area contributed by atoms with Crippen LogP contribution in [0.5, 0.6) is 5.75 Å². The molecule has 19 heavy (non-hydrogen) atoms. The molecule has 0 radical (unpaired) electrons. The van der Waals surface area contributed by atoms with E-state index in [0.717, 1.165) is 16.6 Å². The average molecular weight is 259 g/mol. The fraction of sp³-hybridized carbons (Fsp3) is 0.333. The number of ether oxygens (including phenoxy) is 1. The lowest BCUT2D eigenvalue weighted by Crippen LogP contribution is -2.14. The van der Waals surface area contributed by atoms with Crippen LogP contribution in [0.25, 0.3) is 10.9 Å². The zero-order chi connectivity index (χ0) is 13.8. The van der Waals surface area contributed by atoms with Gasteiger partial charge in [-0.1, -0.05) is 18.2 Å². The van der Waals surface area contributed by atoms with Crippen LogP contribution in [-0.2, 0) is 4.79 Å². The van der Waals surface area contributed by atoms with Gasteiger partial charge in [-0.15, -0.1) is 0 Å². The van der Waals surface area contributed by atoms with Crippen LogP contribution in [0, 0.1) is 6.92 Å². The van der Waals surface area contributed by atoms with Gasteiger partial charge in [-0.25, -0.2) is 4.98 Å². The Kier molecular flexibility index (Phi) is 4.00. The Balaban J connectivity index is 2.20. The molecular formula is C15H17NO3. The van der Waals surface area contributed by atoms with Crippen molar-refractivity contribution in [1.29, 1.82) is 0 Å². The third-order valence-corrected chi connectivity index (χ3v) is 2.92. The smallest absolute Gasteiger partial charge is 0.303 e. The molecule has 1 aromatic heterocycles. The van der Waals surface area contributed by atoms with Crippen molar-refractivity contribution in [3.05, 3.63) is 36.0 Å². The highest BCUT2D eigenvalue weighted by atomic mass is 16.5. The molecule has 0 spiro atoms. The molecule has 100 valence electrons. The van der Waals surface area contributed by atoms with Crippen LogP contribution in [0.3, 0.4) is 0 Å². The molecule has 1 N–H and O–H groups in total. The fourth-order valence-electron chi connectivity index (χ4n) is 1.91. The van der Waals surface area contributed by atoms with Crippen LogP contribution in [0.2, 0.25) is 0 Å². The molecule has 1 aromatic carbocycles. The minimum absolute atomic E-state index is 0.110. The highest BCUT2D eigenvalue weighted by Gasteiger charge is 2.10. The zero-order valence-corrected chi connectivity index (χ0v) is 11.1. The van der Waals surface area contributed by atoms with Gasteiger partial charge >= 0.3 is 5.97 Å². The number of nitrogens with zero attached hydrogens (tertiary/aromatic N) is 1. The topological polar surface area (TPSA) is 59.4 Å². The molecule has 1 unspecified atom stereocenters. The maximum Gasteiger partial charge on any atom is 0.303 e. The van der Waals surface area contributed by atoms with E-state index in [2.05, 4.69) is 4.98 Å². The van der Waals surface area contributed by atoms with Gasteiger partial charge in [-0.3, -0.25) is 4.79 Å². The van der Waals surface area contributed by atoms with Crippen molar-refractivity contribution in [3.8, 4) is 5.75 Å². The van der Waals surface area contributed by atoms with Crippen LogP contribution in [0.1, 0.15) is 25.5 Å². The number of aryl methyl sites for hydroxylation is 1. The Labute approximate surface area is 112 Å². The molecule has 0 saturated carbocycles. The van der Waals surface area contributed by atoms with Crippen molar-refractivity contribution < 1.29 is 14.6 Å². The number of carboxylic acid groups (broad SMARTS) is 1.